The van der Waals surface area contributed by atoms with Gasteiger partial charge in [0.05, 0.1) is 5.92 Å². The molecular weight excluding hydrogens is 256 g/mol. The van der Waals surface area contributed by atoms with Gasteiger partial charge in [-0.1, -0.05) is 18.6 Å². The monoisotopic (exact) mass is 274 g/mol. The molecule has 4 N–H and O–H groups in total. The van der Waals surface area contributed by atoms with Crippen molar-refractivity contribution >= 4 is 23.6 Å². The van der Waals surface area contributed by atoms with Crippen LogP contribution >= 0.6 is 0 Å². The molecule has 106 valence electrons. The first kappa shape index (κ1) is 14.3. The zero-order valence-corrected chi connectivity index (χ0v) is 11.1. The first-order chi connectivity index (χ1) is 9.56. The number of carboxylic acid groups (broad SMARTS) is 1. The summed E-state index contributed by atoms with van der Waals surface area (Å²) < 4.78 is 0. The molecule has 0 saturated heterocycles. The molecule has 1 aliphatic carbocycles. The van der Waals surface area contributed by atoms with E-state index in [2.05, 4.69) is 5.32 Å². The molecule has 1 amide bonds. The van der Waals surface area contributed by atoms with Crippen LogP contribution in [0.3, 0.4) is 0 Å². The summed E-state index contributed by atoms with van der Waals surface area (Å²) in [5.74, 6) is -1.14. The molecule has 0 bridgehead atoms. The summed E-state index contributed by atoms with van der Waals surface area (Å²) in [4.78, 5) is 22.4. The third-order valence-electron chi connectivity index (χ3n) is 3.50. The molecule has 1 saturated carbocycles. The first-order valence-corrected chi connectivity index (χ1v) is 6.64. The Hall–Kier alpha value is -2.14. The van der Waals surface area contributed by atoms with Crippen molar-refractivity contribution in [1.82, 2.24) is 0 Å². The fraction of sp³-hybridized carbons (Fsp3) is 0.333. The lowest BCUT2D eigenvalue weighted by molar-refractivity contribution is -0.131. The lowest BCUT2D eigenvalue weighted by Crippen LogP contribution is -2.34. The van der Waals surface area contributed by atoms with Crippen molar-refractivity contribution in [2.75, 3.05) is 5.32 Å². The SMILES string of the molecule is NC1CCCC1C(=O)Nc1ccc(/C=C/C(=O)O)cc1. The summed E-state index contributed by atoms with van der Waals surface area (Å²) in [5, 5.41) is 11.4. The van der Waals surface area contributed by atoms with E-state index in [1.807, 2.05) is 0 Å². The zero-order valence-electron chi connectivity index (χ0n) is 11.1. The van der Waals surface area contributed by atoms with Gasteiger partial charge in [-0.05, 0) is 36.6 Å². The van der Waals surface area contributed by atoms with E-state index in [9.17, 15) is 9.59 Å². The number of carboxylic acids is 1. The van der Waals surface area contributed by atoms with E-state index in [-0.39, 0.29) is 17.9 Å². The van der Waals surface area contributed by atoms with Crippen LogP contribution in [0.4, 0.5) is 5.69 Å². The average molecular weight is 274 g/mol. The molecule has 2 unspecified atom stereocenters. The van der Waals surface area contributed by atoms with Crippen LogP contribution in [0.15, 0.2) is 30.3 Å². The predicted molar refractivity (Wildman–Crippen MR) is 77.1 cm³/mol. The van der Waals surface area contributed by atoms with E-state index < -0.39 is 5.97 Å². The highest BCUT2D eigenvalue weighted by molar-refractivity contribution is 5.93. The fourth-order valence-corrected chi connectivity index (χ4v) is 2.39. The van der Waals surface area contributed by atoms with Crippen LogP contribution in [-0.2, 0) is 9.59 Å². The maximum Gasteiger partial charge on any atom is 0.328 e. The molecule has 0 aliphatic heterocycles. The molecular formula is C15H18N2O3. The summed E-state index contributed by atoms with van der Waals surface area (Å²) in [7, 11) is 0. The van der Waals surface area contributed by atoms with Gasteiger partial charge >= 0.3 is 5.97 Å². The number of benzene rings is 1. The number of anilines is 1. The van der Waals surface area contributed by atoms with Crippen molar-refractivity contribution in [1.29, 1.82) is 0 Å². The topological polar surface area (TPSA) is 92.4 Å². The minimum atomic E-state index is -0.988. The number of amides is 1. The van der Waals surface area contributed by atoms with Crippen molar-refractivity contribution in [2.24, 2.45) is 11.7 Å². The molecule has 5 nitrogen and oxygen atoms in total. The third kappa shape index (κ3) is 3.68. The Balaban J connectivity index is 1.96. The Morgan fingerprint density at radius 3 is 2.50 bits per heavy atom. The molecule has 1 aliphatic rings. The second kappa shape index (κ2) is 6.34. The number of nitrogens with two attached hydrogens (primary N) is 1. The third-order valence-corrected chi connectivity index (χ3v) is 3.50. The number of hydrogen-bond donors (Lipinski definition) is 3. The lowest BCUT2D eigenvalue weighted by atomic mass is 10.0. The molecule has 1 aromatic rings. The van der Waals surface area contributed by atoms with Crippen molar-refractivity contribution in [3.05, 3.63) is 35.9 Å². The predicted octanol–water partition coefficient (Wildman–Crippen LogP) is 1.85. The number of rotatable bonds is 4. The van der Waals surface area contributed by atoms with Crippen LogP contribution in [0.25, 0.3) is 6.08 Å². The number of nitrogens with one attached hydrogen (secondary N) is 1. The molecule has 5 heteroatoms. The highest BCUT2D eigenvalue weighted by Gasteiger charge is 2.30. The highest BCUT2D eigenvalue weighted by Crippen LogP contribution is 2.25. The first-order valence-electron chi connectivity index (χ1n) is 6.64. The van der Waals surface area contributed by atoms with Crippen LogP contribution in [0.5, 0.6) is 0 Å². The van der Waals surface area contributed by atoms with Gasteiger partial charge in [0.1, 0.15) is 0 Å². The van der Waals surface area contributed by atoms with Crippen LogP contribution < -0.4 is 11.1 Å². The standard InChI is InChI=1S/C15H18N2O3/c16-13-3-1-2-12(13)15(20)17-11-7-4-10(5-8-11)6-9-14(18)19/h4-9,12-13H,1-3,16H2,(H,17,20)(H,18,19)/b9-6+. The number of carbonyl (C=O) groups is 2. The van der Waals surface area contributed by atoms with E-state index in [0.29, 0.717) is 5.69 Å². The molecule has 0 radical (unpaired) electrons. The summed E-state index contributed by atoms with van der Waals surface area (Å²) in [6.07, 6.45) is 5.31. The average Bonchev–Trinajstić information content (AvgIpc) is 2.84. The smallest absolute Gasteiger partial charge is 0.328 e. The molecule has 0 spiro atoms. The van der Waals surface area contributed by atoms with E-state index in [1.54, 1.807) is 24.3 Å². The van der Waals surface area contributed by atoms with Gasteiger partial charge in [0, 0.05) is 17.8 Å². The molecule has 1 fully saturated rings. The van der Waals surface area contributed by atoms with E-state index >= 15 is 0 Å². The van der Waals surface area contributed by atoms with Crippen molar-refractivity contribution in [3.8, 4) is 0 Å². The quantitative estimate of drug-likeness (QED) is 0.730. The maximum absolute atomic E-state index is 12.0. The summed E-state index contributed by atoms with van der Waals surface area (Å²) >= 11 is 0. The van der Waals surface area contributed by atoms with E-state index in [0.717, 1.165) is 30.9 Å². The molecule has 0 heterocycles. The number of carbonyl (C=O) groups excluding carboxylic acids is 1. The Morgan fingerprint density at radius 1 is 1.25 bits per heavy atom. The second-order valence-electron chi connectivity index (χ2n) is 4.98. The van der Waals surface area contributed by atoms with Gasteiger partial charge in [-0.3, -0.25) is 4.79 Å². The highest BCUT2D eigenvalue weighted by atomic mass is 16.4. The molecule has 2 atom stereocenters. The van der Waals surface area contributed by atoms with Crippen LogP contribution in [-0.4, -0.2) is 23.0 Å². The maximum atomic E-state index is 12.0. The van der Waals surface area contributed by atoms with Crippen molar-refractivity contribution in [3.63, 3.8) is 0 Å². The summed E-state index contributed by atoms with van der Waals surface area (Å²) in [6, 6.07) is 6.96. The van der Waals surface area contributed by atoms with Gasteiger partial charge in [0.25, 0.3) is 0 Å². The lowest BCUT2D eigenvalue weighted by Gasteiger charge is -2.15. The van der Waals surface area contributed by atoms with E-state index in [4.69, 9.17) is 10.8 Å². The van der Waals surface area contributed by atoms with Gasteiger partial charge in [-0.15, -0.1) is 0 Å². The molecule has 1 aromatic carbocycles. The Kier molecular flexibility index (Phi) is 4.53. The molecule has 20 heavy (non-hydrogen) atoms. The minimum absolute atomic E-state index is 0.0381. The molecule has 2 rings (SSSR count). The fourth-order valence-electron chi connectivity index (χ4n) is 2.39. The van der Waals surface area contributed by atoms with Crippen LogP contribution in [0.1, 0.15) is 24.8 Å². The summed E-state index contributed by atoms with van der Waals surface area (Å²) in [5.41, 5.74) is 7.36. The largest absolute Gasteiger partial charge is 0.478 e. The van der Waals surface area contributed by atoms with Gasteiger partial charge in [-0.25, -0.2) is 4.79 Å². The molecule has 0 aromatic heterocycles. The van der Waals surface area contributed by atoms with E-state index in [1.165, 1.54) is 6.08 Å². The van der Waals surface area contributed by atoms with Gasteiger partial charge in [0.2, 0.25) is 5.91 Å². The van der Waals surface area contributed by atoms with Gasteiger partial charge in [-0.2, -0.15) is 0 Å². The van der Waals surface area contributed by atoms with Gasteiger partial charge in [0.15, 0.2) is 0 Å². The Bertz CT molecular complexity index is 522. The second-order valence-corrected chi connectivity index (χ2v) is 4.98. The summed E-state index contributed by atoms with van der Waals surface area (Å²) in [6.45, 7) is 0. The normalized spacial score (nSPS) is 22.1. The van der Waals surface area contributed by atoms with Crippen LogP contribution in [0, 0.1) is 5.92 Å². The Labute approximate surface area is 117 Å². The number of aliphatic carboxylic acids is 1. The Morgan fingerprint density at radius 2 is 1.95 bits per heavy atom. The van der Waals surface area contributed by atoms with Crippen LogP contribution in [0.2, 0.25) is 0 Å². The minimum Gasteiger partial charge on any atom is -0.478 e. The zero-order chi connectivity index (χ0) is 14.5. The number of hydrogen-bond acceptors (Lipinski definition) is 3. The van der Waals surface area contributed by atoms with Crippen molar-refractivity contribution < 1.29 is 14.7 Å². The van der Waals surface area contributed by atoms with Gasteiger partial charge < -0.3 is 16.2 Å². The van der Waals surface area contributed by atoms with Crippen molar-refractivity contribution in [2.45, 2.75) is 25.3 Å².